The molecule has 0 aliphatic rings. The molecular weight excluding hydrogens is 264 g/mol. The van der Waals surface area contributed by atoms with Gasteiger partial charge in [0.05, 0.1) is 14.2 Å². The predicted molar refractivity (Wildman–Crippen MR) is 85.6 cm³/mol. The van der Waals surface area contributed by atoms with Crippen LogP contribution in [0, 0.1) is 0 Å². The van der Waals surface area contributed by atoms with E-state index >= 15 is 0 Å². The average molecular weight is 286 g/mol. The standard InChI is InChI=1S/C17H22N2O2/c1-19(11-13-4-7-15(18)8-5-13)12-14-6-9-16(20-2)17(10-14)21-3/h4-10H,11-12,18H2,1-3H3. The first-order valence-electron chi connectivity index (χ1n) is 6.86. The van der Waals surface area contributed by atoms with Gasteiger partial charge in [0.15, 0.2) is 11.5 Å². The minimum atomic E-state index is 0.752. The fraction of sp³-hybridized carbons (Fsp3) is 0.294. The second kappa shape index (κ2) is 6.99. The third-order valence-electron chi connectivity index (χ3n) is 3.33. The summed E-state index contributed by atoms with van der Waals surface area (Å²) in [6.45, 7) is 1.71. The van der Waals surface area contributed by atoms with Crippen LogP contribution in [0.3, 0.4) is 0 Å². The van der Waals surface area contributed by atoms with Crippen molar-refractivity contribution in [2.75, 3.05) is 27.0 Å². The zero-order valence-electron chi connectivity index (χ0n) is 12.8. The van der Waals surface area contributed by atoms with Crippen molar-refractivity contribution < 1.29 is 9.47 Å². The lowest BCUT2D eigenvalue weighted by molar-refractivity contribution is 0.316. The van der Waals surface area contributed by atoms with Crippen LogP contribution in [0.1, 0.15) is 11.1 Å². The SMILES string of the molecule is COc1ccc(CN(C)Cc2ccc(N)cc2)cc1OC. The average Bonchev–Trinajstić information content (AvgIpc) is 2.49. The van der Waals surface area contributed by atoms with Gasteiger partial charge in [-0.15, -0.1) is 0 Å². The molecule has 0 radical (unpaired) electrons. The van der Waals surface area contributed by atoms with Crippen molar-refractivity contribution in [1.29, 1.82) is 0 Å². The first-order chi connectivity index (χ1) is 10.1. The molecule has 4 heteroatoms. The highest BCUT2D eigenvalue weighted by molar-refractivity contribution is 5.43. The van der Waals surface area contributed by atoms with E-state index < -0.39 is 0 Å². The summed E-state index contributed by atoms with van der Waals surface area (Å²) in [6.07, 6.45) is 0. The van der Waals surface area contributed by atoms with Crippen LogP contribution in [0.15, 0.2) is 42.5 Å². The van der Waals surface area contributed by atoms with E-state index in [1.54, 1.807) is 14.2 Å². The fourth-order valence-electron chi connectivity index (χ4n) is 2.28. The van der Waals surface area contributed by atoms with E-state index in [0.29, 0.717) is 0 Å². The lowest BCUT2D eigenvalue weighted by Crippen LogP contribution is -2.17. The Morgan fingerprint density at radius 2 is 1.43 bits per heavy atom. The third-order valence-corrected chi connectivity index (χ3v) is 3.33. The van der Waals surface area contributed by atoms with Gasteiger partial charge in [-0.1, -0.05) is 18.2 Å². The molecular formula is C17H22N2O2. The maximum Gasteiger partial charge on any atom is 0.161 e. The summed E-state index contributed by atoms with van der Waals surface area (Å²) in [4.78, 5) is 2.24. The molecule has 0 aliphatic heterocycles. The summed E-state index contributed by atoms with van der Waals surface area (Å²) in [5.41, 5.74) is 8.92. The smallest absolute Gasteiger partial charge is 0.161 e. The lowest BCUT2D eigenvalue weighted by Gasteiger charge is -2.18. The van der Waals surface area contributed by atoms with E-state index in [2.05, 4.69) is 30.1 Å². The van der Waals surface area contributed by atoms with Gasteiger partial charge >= 0.3 is 0 Å². The molecule has 2 rings (SSSR count). The van der Waals surface area contributed by atoms with Gasteiger partial charge in [0, 0.05) is 18.8 Å². The van der Waals surface area contributed by atoms with Crippen LogP contribution < -0.4 is 15.2 Å². The number of hydrogen-bond acceptors (Lipinski definition) is 4. The summed E-state index contributed by atoms with van der Waals surface area (Å²) >= 11 is 0. The Labute approximate surface area is 126 Å². The molecule has 0 bridgehead atoms. The highest BCUT2D eigenvalue weighted by Crippen LogP contribution is 2.28. The maximum atomic E-state index is 5.70. The van der Waals surface area contributed by atoms with Gasteiger partial charge in [-0.2, -0.15) is 0 Å². The molecule has 2 aromatic rings. The number of benzene rings is 2. The van der Waals surface area contributed by atoms with Gasteiger partial charge in [-0.05, 0) is 42.4 Å². The zero-order valence-corrected chi connectivity index (χ0v) is 12.8. The molecule has 0 aromatic heterocycles. The topological polar surface area (TPSA) is 47.7 Å². The van der Waals surface area contributed by atoms with Crippen LogP contribution in [0.25, 0.3) is 0 Å². The Morgan fingerprint density at radius 1 is 0.857 bits per heavy atom. The Balaban J connectivity index is 2.02. The summed E-state index contributed by atoms with van der Waals surface area (Å²) in [6, 6.07) is 14.0. The molecule has 2 N–H and O–H groups in total. The largest absolute Gasteiger partial charge is 0.493 e. The predicted octanol–water partition coefficient (Wildman–Crippen LogP) is 2.92. The van der Waals surface area contributed by atoms with Crippen LogP contribution in [-0.2, 0) is 13.1 Å². The maximum absolute atomic E-state index is 5.70. The molecule has 112 valence electrons. The van der Waals surface area contributed by atoms with Crippen molar-refractivity contribution in [3.8, 4) is 11.5 Å². The van der Waals surface area contributed by atoms with E-state index in [4.69, 9.17) is 15.2 Å². The second-order valence-electron chi connectivity index (χ2n) is 5.10. The molecule has 0 unspecified atom stereocenters. The van der Waals surface area contributed by atoms with Crippen LogP contribution in [0.5, 0.6) is 11.5 Å². The molecule has 2 aromatic carbocycles. The van der Waals surface area contributed by atoms with E-state index in [1.165, 1.54) is 11.1 Å². The molecule has 0 saturated heterocycles. The number of ether oxygens (including phenoxy) is 2. The van der Waals surface area contributed by atoms with Gasteiger partial charge in [0.25, 0.3) is 0 Å². The summed E-state index contributed by atoms with van der Waals surface area (Å²) in [7, 11) is 5.39. The number of hydrogen-bond donors (Lipinski definition) is 1. The monoisotopic (exact) mass is 286 g/mol. The number of rotatable bonds is 6. The van der Waals surface area contributed by atoms with E-state index in [-0.39, 0.29) is 0 Å². The van der Waals surface area contributed by atoms with Crippen molar-refractivity contribution >= 4 is 5.69 Å². The van der Waals surface area contributed by atoms with Crippen molar-refractivity contribution in [1.82, 2.24) is 4.90 Å². The first kappa shape index (κ1) is 15.2. The van der Waals surface area contributed by atoms with Crippen LogP contribution >= 0.6 is 0 Å². The lowest BCUT2D eigenvalue weighted by atomic mass is 10.1. The molecule has 21 heavy (non-hydrogen) atoms. The number of anilines is 1. The molecule has 4 nitrogen and oxygen atoms in total. The number of methoxy groups -OCH3 is 2. The Morgan fingerprint density at radius 3 is 2.05 bits per heavy atom. The van der Waals surface area contributed by atoms with Gasteiger partial charge in [0.1, 0.15) is 0 Å². The van der Waals surface area contributed by atoms with Gasteiger partial charge < -0.3 is 15.2 Å². The summed E-state index contributed by atoms with van der Waals surface area (Å²) in [5, 5.41) is 0. The Bertz CT molecular complexity index is 582. The van der Waals surface area contributed by atoms with Gasteiger partial charge in [-0.3, -0.25) is 4.90 Å². The molecule has 0 amide bonds. The van der Waals surface area contributed by atoms with Crippen LogP contribution in [0.4, 0.5) is 5.69 Å². The van der Waals surface area contributed by atoms with Crippen molar-refractivity contribution in [2.24, 2.45) is 0 Å². The zero-order chi connectivity index (χ0) is 15.2. The number of nitrogen functional groups attached to an aromatic ring is 1. The Kier molecular flexibility index (Phi) is 5.06. The minimum absolute atomic E-state index is 0.752. The van der Waals surface area contributed by atoms with Crippen molar-refractivity contribution in [3.05, 3.63) is 53.6 Å². The van der Waals surface area contributed by atoms with E-state index in [9.17, 15) is 0 Å². The van der Waals surface area contributed by atoms with E-state index in [0.717, 1.165) is 30.3 Å². The van der Waals surface area contributed by atoms with Gasteiger partial charge in [0.2, 0.25) is 0 Å². The van der Waals surface area contributed by atoms with Crippen LogP contribution in [-0.4, -0.2) is 26.2 Å². The highest BCUT2D eigenvalue weighted by atomic mass is 16.5. The van der Waals surface area contributed by atoms with Crippen LogP contribution in [0.2, 0.25) is 0 Å². The first-order valence-corrected chi connectivity index (χ1v) is 6.86. The minimum Gasteiger partial charge on any atom is -0.493 e. The quantitative estimate of drug-likeness (QED) is 0.829. The highest BCUT2D eigenvalue weighted by Gasteiger charge is 2.07. The molecule has 0 atom stereocenters. The van der Waals surface area contributed by atoms with Crippen molar-refractivity contribution in [2.45, 2.75) is 13.1 Å². The molecule has 0 spiro atoms. The second-order valence-corrected chi connectivity index (χ2v) is 5.10. The summed E-state index contributed by atoms with van der Waals surface area (Å²) in [5.74, 6) is 1.51. The number of nitrogens with zero attached hydrogens (tertiary/aromatic N) is 1. The third kappa shape index (κ3) is 4.13. The normalized spacial score (nSPS) is 10.7. The summed E-state index contributed by atoms with van der Waals surface area (Å²) < 4.78 is 10.6. The molecule has 0 aliphatic carbocycles. The fourth-order valence-corrected chi connectivity index (χ4v) is 2.28. The number of nitrogens with two attached hydrogens (primary N) is 1. The van der Waals surface area contributed by atoms with Gasteiger partial charge in [-0.25, -0.2) is 0 Å². The molecule has 0 heterocycles. The van der Waals surface area contributed by atoms with E-state index in [1.807, 2.05) is 24.3 Å². The van der Waals surface area contributed by atoms with Crippen molar-refractivity contribution in [3.63, 3.8) is 0 Å². The molecule has 0 fully saturated rings. The Hall–Kier alpha value is -2.20. The molecule has 0 saturated carbocycles.